The number of rotatable bonds is 2. The monoisotopic (exact) mass is 269 g/mol. The van der Waals surface area contributed by atoms with Gasteiger partial charge >= 0.3 is 5.97 Å². The van der Waals surface area contributed by atoms with Crippen molar-refractivity contribution in [2.45, 2.75) is 13.8 Å². The summed E-state index contributed by atoms with van der Waals surface area (Å²) in [5.74, 6) is -0.974. The molecular formula is C15H15N3O2. The Kier molecular flexibility index (Phi) is 2.64. The van der Waals surface area contributed by atoms with Crippen molar-refractivity contribution in [3.8, 4) is 11.3 Å². The molecule has 0 saturated carbocycles. The minimum atomic E-state index is -0.974. The van der Waals surface area contributed by atoms with Gasteiger partial charge in [0, 0.05) is 29.2 Å². The Balaban J connectivity index is 2.41. The molecule has 0 fully saturated rings. The second-order valence-electron chi connectivity index (χ2n) is 5.00. The van der Waals surface area contributed by atoms with Crippen molar-refractivity contribution in [3.63, 3.8) is 0 Å². The molecule has 0 aliphatic carbocycles. The smallest absolute Gasteiger partial charge is 0.339 e. The number of carboxylic acids is 1. The molecule has 0 aliphatic rings. The molecular weight excluding hydrogens is 254 g/mol. The van der Waals surface area contributed by atoms with E-state index in [1.807, 2.05) is 20.9 Å². The van der Waals surface area contributed by atoms with Crippen LogP contribution in [0, 0.1) is 13.8 Å². The molecule has 0 atom stereocenters. The number of benzene rings is 1. The highest BCUT2D eigenvalue weighted by atomic mass is 16.4. The SMILES string of the molecule is Cc1ccc2c(c1)c(-c1[nH]ncc1C(=O)O)c(C)n2C. The number of aromatic nitrogens is 3. The first kappa shape index (κ1) is 12.5. The van der Waals surface area contributed by atoms with E-state index in [0.717, 1.165) is 27.7 Å². The van der Waals surface area contributed by atoms with Crippen LogP contribution < -0.4 is 0 Å². The third-order valence-electron chi connectivity index (χ3n) is 3.77. The quantitative estimate of drug-likeness (QED) is 0.751. The highest BCUT2D eigenvalue weighted by Gasteiger charge is 2.21. The summed E-state index contributed by atoms with van der Waals surface area (Å²) in [6.45, 7) is 4.01. The van der Waals surface area contributed by atoms with E-state index in [9.17, 15) is 9.90 Å². The van der Waals surface area contributed by atoms with Crippen LogP contribution in [0.2, 0.25) is 0 Å². The van der Waals surface area contributed by atoms with Gasteiger partial charge in [-0.05, 0) is 26.0 Å². The molecule has 102 valence electrons. The standard InChI is InChI=1S/C15H15N3O2/c1-8-4-5-12-10(6-8)13(9(2)18(12)3)14-11(15(19)20)7-16-17-14/h4-7H,1-3H3,(H,16,17)(H,19,20). The summed E-state index contributed by atoms with van der Waals surface area (Å²) >= 11 is 0. The highest BCUT2D eigenvalue weighted by Crippen LogP contribution is 2.35. The Bertz CT molecular complexity index is 827. The van der Waals surface area contributed by atoms with E-state index in [2.05, 4.69) is 33.0 Å². The lowest BCUT2D eigenvalue weighted by Gasteiger charge is -2.01. The second-order valence-corrected chi connectivity index (χ2v) is 5.00. The summed E-state index contributed by atoms with van der Waals surface area (Å²) in [6, 6.07) is 6.18. The van der Waals surface area contributed by atoms with E-state index in [4.69, 9.17) is 0 Å². The molecule has 20 heavy (non-hydrogen) atoms. The van der Waals surface area contributed by atoms with Gasteiger partial charge in [-0.15, -0.1) is 0 Å². The number of aromatic amines is 1. The fraction of sp³-hybridized carbons (Fsp3) is 0.200. The maximum Gasteiger partial charge on any atom is 0.339 e. The average molecular weight is 269 g/mol. The molecule has 0 unspecified atom stereocenters. The van der Waals surface area contributed by atoms with Crippen molar-refractivity contribution in [1.82, 2.24) is 14.8 Å². The zero-order valence-corrected chi connectivity index (χ0v) is 11.6. The van der Waals surface area contributed by atoms with Crippen LogP contribution in [0.15, 0.2) is 24.4 Å². The zero-order valence-electron chi connectivity index (χ0n) is 11.6. The Morgan fingerprint density at radius 3 is 2.80 bits per heavy atom. The van der Waals surface area contributed by atoms with E-state index in [-0.39, 0.29) is 5.56 Å². The molecule has 0 radical (unpaired) electrons. The summed E-state index contributed by atoms with van der Waals surface area (Å²) in [5.41, 5.74) is 4.89. The van der Waals surface area contributed by atoms with Crippen LogP contribution >= 0.6 is 0 Å². The fourth-order valence-corrected chi connectivity index (χ4v) is 2.64. The number of carbonyl (C=O) groups is 1. The van der Waals surface area contributed by atoms with Crippen molar-refractivity contribution in [2.75, 3.05) is 0 Å². The predicted octanol–water partition coefficient (Wildman–Crippen LogP) is 2.88. The molecule has 0 aliphatic heterocycles. The van der Waals surface area contributed by atoms with Crippen LogP contribution in [0.1, 0.15) is 21.6 Å². The van der Waals surface area contributed by atoms with E-state index in [1.54, 1.807) is 0 Å². The molecule has 3 rings (SSSR count). The second kappa shape index (κ2) is 4.23. The van der Waals surface area contributed by atoms with Crippen molar-refractivity contribution in [2.24, 2.45) is 7.05 Å². The van der Waals surface area contributed by atoms with E-state index >= 15 is 0 Å². The van der Waals surface area contributed by atoms with E-state index in [0.29, 0.717) is 5.69 Å². The first-order valence-corrected chi connectivity index (χ1v) is 6.33. The lowest BCUT2D eigenvalue weighted by molar-refractivity contribution is 0.0698. The van der Waals surface area contributed by atoms with E-state index < -0.39 is 5.97 Å². The third kappa shape index (κ3) is 1.63. The summed E-state index contributed by atoms with van der Waals surface area (Å²) in [4.78, 5) is 11.3. The lowest BCUT2D eigenvalue weighted by atomic mass is 10.0. The minimum absolute atomic E-state index is 0.196. The van der Waals surface area contributed by atoms with Crippen molar-refractivity contribution in [3.05, 3.63) is 41.2 Å². The Morgan fingerprint density at radius 1 is 1.35 bits per heavy atom. The number of nitrogens with one attached hydrogen (secondary N) is 1. The van der Waals surface area contributed by atoms with Gasteiger partial charge in [-0.2, -0.15) is 5.10 Å². The molecule has 2 heterocycles. The zero-order chi connectivity index (χ0) is 14.4. The number of fused-ring (bicyclic) bond motifs is 1. The number of hydrogen-bond acceptors (Lipinski definition) is 2. The van der Waals surface area contributed by atoms with Gasteiger partial charge in [0.05, 0.1) is 11.9 Å². The molecule has 0 bridgehead atoms. The van der Waals surface area contributed by atoms with Gasteiger partial charge < -0.3 is 9.67 Å². The number of H-pyrrole nitrogens is 1. The third-order valence-corrected chi connectivity index (χ3v) is 3.77. The van der Waals surface area contributed by atoms with Gasteiger partial charge in [-0.25, -0.2) is 4.79 Å². The predicted molar refractivity (Wildman–Crippen MR) is 76.9 cm³/mol. The summed E-state index contributed by atoms with van der Waals surface area (Å²) in [7, 11) is 1.98. The maximum absolute atomic E-state index is 11.3. The first-order valence-electron chi connectivity index (χ1n) is 6.33. The van der Waals surface area contributed by atoms with E-state index in [1.165, 1.54) is 6.20 Å². The van der Waals surface area contributed by atoms with Gasteiger partial charge in [0.25, 0.3) is 0 Å². The van der Waals surface area contributed by atoms with Crippen LogP contribution in [0.3, 0.4) is 0 Å². The summed E-state index contributed by atoms with van der Waals surface area (Å²) < 4.78 is 2.07. The number of aromatic carboxylic acids is 1. The Morgan fingerprint density at radius 2 is 2.10 bits per heavy atom. The Hall–Kier alpha value is -2.56. The average Bonchev–Trinajstić information content (AvgIpc) is 2.95. The molecule has 2 aromatic heterocycles. The molecule has 0 amide bonds. The van der Waals surface area contributed by atoms with Crippen molar-refractivity contribution >= 4 is 16.9 Å². The van der Waals surface area contributed by atoms with Crippen molar-refractivity contribution in [1.29, 1.82) is 0 Å². The van der Waals surface area contributed by atoms with Crippen molar-refractivity contribution < 1.29 is 9.90 Å². The van der Waals surface area contributed by atoms with Crippen LogP contribution in [-0.2, 0) is 7.05 Å². The minimum Gasteiger partial charge on any atom is -0.478 e. The molecule has 1 aromatic carbocycles. The molecule has 0 spiro atoms. The number of carboxylic acid groups (broad SMARTS) is 1. The summed E-state index contributed by atoms with van der Waals surface area (Å²) in [5, 5.41) is 17.0. The number of aryl methyl sites for hydroxylation is 2. The number of hydrogen-bond donors (Lipinski definition) is 2. The van der Waals surface area contributed by atoms with Crippen LogP contribution in [-0.4, -0.2) is 25.8 Å². The van der Waals surface area contributed by atoms with Gasteiger partial charge in [0.1, 0.15) is 5.56 Å². The first-order chi connectivity index (χ1) is 9.50. The van der Waals surface area contributed by atoms with Crippen LogP contribution in [0.25, 0.3) is 22.2 Å². The van der Waals surface area contributed by atoms with Crippen LogP contribution in [0.5, 0.6) is 0 Å². The fourth-order valence-electron chi connectivity index (χ4n) is 2.64. The molecule has 0 saturated heterocycles. The topological polar surface area (TPSA) is 70.9 Å². The van der Waals surface area contributed by atoms with Gasteiger partial charge in [0.15, 0.2) is 0 Å². The largest absolute Gasteiger partial charge is 0.478 e. The molecule has 5 nitrogen and oxygen atoms in total. The number of nitrogens with zero attached hydrogens (tertiary/aromatic N) is 2. The maximum atomic E-state index is 11.3. The summed E-state index contributed by atoms with van der Waals surface area (Å²) in [6.07, 6.45) is 1.35. The molecule has 5 heteroatoms. The van der Waals surface area contributed by atoms with Gasteiger partial charge in [0.2, 0.25) is 0 Å². The van der Waals surface area contributed by atoms with Gasteiger partial charge in [-0.3, -0.25) is 5.10 Å². The molecule has 2 N–H and O–H groups in total. The lowest BCUT2D eigenvalue weighted by Crippen LogP contribution is -1.98. The van der Waals surface area contributed by atoms with Gasteiger partial charge in [-0.1, -0.05) is 11.6 Å². The highest BCUT2D eigenvalue weighted by molar-refractivity contribution is 6.03. The van der Waals surface area contributed by atoms with Crippen LogP contribution in [0.4, 0.5) is 0 Å². The normalized spacial score (nSPS) is 11.2. The molecule has 3 aromatic rings. The Labute approximate surface area is 115 Å².